The van der Waals surface area contributed by atoms with Gasteiger partial charge >= 0.3 is 0 Å². The highest BCUT2D eigenvalue weighted by molar-refractivity contribution is 5.44. The zero-order valence-corrected chi connectivity index (χ0v) is 9.91. The summed E-state index contributed by atoms with van der Waals surface area (Å²) in [5, 5.41) is 11.8. The maximum atomic E-state index is 8.52. The first-order valence-electron chi connectivity index (χ1n) is 5.88. The number of benzene rings is 1. The van der Waals surface area contributed by atoms with Gasteiger partial charge in [-0.2, -0.15) is 0 Å². The predicted octanol–water partition coefficient (Wildman–Crippen LogP) is 2.06. The smallest absolute Gasteiger partial charge is 0.0698 e. The number of hydrogen-bond donors (Lipinski definition) is 2. The largest absolute Gasteiger partial charge is 0.394 e. The number of aliphatic hydroxyl groups excluding tert-OH is 1. The van der Waals surface area contributed by atoms with Gasteiger partial charge in [0, 0.05) is 12.2 Å². The van der Waals surface area contributed by atoms with Gasteiger partial charge in [-0.15, -0.1) is 0 Å². The highest BCUT2D eigenvalue weighted by Gasteiger charge is 1.93. The Bertz CT molecular complexity index is 272. The lowest BCUT2D eigenvalue weighted by Gasteiger charge is -2.07. The number of anilines is 1. The fraction of sp³-hybridized carbons (Fsp3) is 0.538. The minimum absolute atomic E-state index is 0.0890. The molecule has 0 aliphatic rings. The number of ether oxygens (including phenoxy) is 1. The SMILES string of the molecule is CCCc1ccc(NCCOCCO)cc1. The van der Waals surface area contributed by atoms with Crippen molar-refractivity contribution in [3.8, 4) is 0 Å². The normalized spacial score (nSPS) is 10.4. The highest BCUT2D eigenvalue weighted by Crippen LogP contribution is 2.10. The molecule has 0 bridgehead atoms. The van der Waals surface area contributed by atoms with Gasteiger partial charge in [-0.1, -0.05) is 25.5 Å². The molecule has 3 nitrogen and oxygen atoms in total. The summed E-state index contributed by atoms with van der Waals surface area (Å²) in [4.78, 5) is 0. The standard InChI is InChI=1S/C13H21NO2/c1-2-3-12-4-6-13(7-5-12)14-8-10-16-11-9-15/h4-7,14-15H,2-3,8-11H2,1H3. The van der Waals surface area contributed by atoms with Crippen molar-refractivity contribution in [3.63, 3.8) is 0 Å². The first-order valence-corrected chi connectivity index (χ1v) is 5.88. The van der Waals surface area contributed by atoms with Crippen molar-refractivity contribution in [3.05, 3.63) is 29.8 Å². The van der Waals surface area contributed by atoms with E-state index in [1.807, 2.05) is 0 Å². The third-order valence-corrected chi connectivity index (χ3v) is 2.30. The molecule has 0 aromatic heterocycles. The average Bonchev–Trinajstić information content (AvgIpc) is 2.31. The Hall–Kier alpha value is -1.06. The summed E-state index contributed by atoms with van der Waals surface area (Å²) in [5.41, 5.74) is 2.50. The molecule has 0 saturated heterocycles. The minimum Gasteiger partial charge on any atom is -0.394 e. The zero-order chi connectivity index (χ0) is 11.6. The van der Waals surface area contributed by atoms with Crippen molar-refractivity contribution in [1.82, 2.24) is 0 Å². The highest BCUT2D eigenvalue weighted by atomic mass is 16.5. The summed E-state index contributed by atoms with van der Waals surface area (Å²) >= 11 is 0. The molecule has 0 spiro atoms. The third-order valence-electron chi connectivity index (χ3n) is 2.30. The topological polar surface area (TPSA) is 41.5 Å². The van der Waals surface area contributed by atoms with Gasteiger partial charge in [0.2, 0.25) is 0 Å². The second-order valence-corrected chi connectivity index (χ2v) is 3.71. The van der Waals surface area contributed by atoms with E-state index in [9.17, 15) is 0 Å². The molecule has 16 heavy (non-hydrogen) atoms. The Morgan fingerprint density at radius 3 is 2.56 bits per heavy atom. The van der Waals surface area contributed by atoms with Crippen LogP contribution in [-0.2, 0) is 11.2 Å². The maximum absolute atomic E-state index is 8.52. The van der Waals surface area contributed by atoms with E-state index in [0.29, 0.717) is 13.2 Å². The van der Waals surface area contributed by atoms with Crippen LogP contribution in [-0.4, -0.2) is 31.5 Å². The van der Waals surface area contributed by atoms with E-state index in [0.717, 1.165) is 18.7 Å². The van der Waals surface area contributed by atoms with Crippen LogP contribution in [0.3, 0.4) is 0 Å². The van der Waals surface area contributed by atoms with Crippen LogP contribution in [0.2, 0.25) is 0 Å². The van der Waals surface area contributed by atoms with Gasteiger partial charge < -0.3 is 15.2 Å². The molecular weight excluding hydrogens is 202 g/mol. The molecule has 0 fully saturated rings. The zero-order valence-electron chi connectivity index (χ0n) is 9.91. The van der Waals surface area contributed by atoms with Crippen molar-refractivity contribution < 1.29 is 9.84 Å². The van der Waals surface area contributed by atoms with Crippen molar-refractivity contribution in [2.75, 3.05) is 31.7 Å². The third kappa shape index (κ3) is 5.14. The molecular formula is C13H21NO2. The van der Waals surface area contributed by atoms with Crippen molar-refractivity contribution >= 4 is 5.69 Å². The molecule has 0 unspecified atom stereocenters. The first kappa shape index (κ1) is 13.0. The first-order chi connectivity index (χ1) is 7.86. The van der Waals surface area contributed by atoms with Gasteiger partial charge in [0.25, 0.3) is 0 Å². The molecule has 0 saturated carbocycles. The molecule has 0 atom stereocenters. The minimum atomic E-state index is 0.0890. The van der Waals surface area contributed by atoms with E-state index in [-0.39, 0.29) is 6.61 Å². The number of rotatable bonds is 8. The quantitative estimate of drug-likeness (QED) is 0.663. The van der Waals surface area contributed by atoms with Gasteiger partial charge in [-0.3, -0.25) is 0 Å². The second-order valence-electron chi connectivity index (χ2n) is 3.71. The Balaban J connectivity index is 2.21. The van der Waals surface area contributed by atoms with Crippen LogP contribution in [0, 0.1) is 0 Å². The fourth-order valence-corrected chi connectivity index (χ4v) is 1.51. The molecule has 0 radical (unpaired) electrons. The van der Waals surface area contributed by atoms with Crippen LogP contribution >= 0.6 is 0 Å². The van der Waals surface area contributed by atoms with Crippen LogP contribution in [0.25, 0.3) is 0 Å². The van der Waals surface area contributed by atoms with Crippen LogP contribution in [0.5, 0.6) is 0 Å². The summed E-state index contributed by atoms with van der Waals surface area (Å²) in [6.45, 7) is 4.08. The van der Waals surface area contributed by atoms with Crippen LogP contribution < -0.4 is 5.32 Å². The van der Waals surface area contributed by atoms with Gasteiger partial charge in [-0.25, -0.2) is 0 Å². The molecule has 1 rings (SSSR count). The van der Waals surface area contributed by atoms with E-state index in [2.05, 4.69) is 36.5 Å². The molecule has 1 aromatic carbocycles. The summed E-state index contributed by atoms with van der Waals surface area (Å²) in [7, 11) is 0. The van der Waals surface area contributed by atoms with Crippen molar-refractivity contribution in [2.45, 2.75) is 19.8 Å². The average molecular weight is 223 g/mol. The molecule has 3 heteroatoms. The molecule has 0 heterocycles. The molecule has 0 aliphatic heterocycles. The molecule has 0 aliphatic carbocycles. The van der Waals surface area contributed by atoms with Gasteiger partial charge in [-0.05, 0) is 24.1 Å². The van der Waals surface area contributed by atoms with Gasteiger partial charge in [0.1, 0.15) is 0 Å². The van der Waals surface area contributed by atoms with E-state index in [1.165, 1.54) is 12.0 Å². The van der Waals surface area contributed by atoms with E-state index in [1.54, 1.807) is 0 Å². The molecule has 0 amide bonds. The Morgan fingerprint density at radius 2 is 1.94 bits per heavy atom. The van der Waals surface area contributed by atoms with Gasteiger partial charge in [0.05, 0.1) is 19.8 Å². The Labute approximate surface area is 97.4 Å². The van der Waals surface area contributed by atoms with Crippen LogP contribution in [0.4, 0.5) is 5.69 Å². The Morgan fingerprint density at radius 1 is 1.19 bits per heavy atom. The predicted molar refractivity (Wildman–Crippen MR) is 66.8 cm³/mol. The van der Waals surface area contributed by atoms with Crippen molar-refractivity contribution in [1.29, 1.82) is 0 Å². The molecule has 2 N–H and O–H groups in total. The monoisotopic (exact) mass is 223 g/mol. The van der Waals surface area contributed by atoms with Crippen LogP contribution in [0.1, 0.15) is 18.9 Å². The number of hydrogen-bond acceptors (Lipinski definition) is 3. The summed E-state index contributed by atoms with van der Waals surface area (Å²) in [6, 6.07) is 8.49. The van der Waals surface area contributed by atoms with Gasteiger partial charge in [0.15, 0.2) is 0 Å². The lowest BCUT2D eigenvalue weighted by molar-refractivity contribution is 0.0992. The van der Waals surface area contributed by atoms with E-state index < -0.39 is 0 Å². The second kappa shape index (κ2) is 8.13. The lowest BCUT2D eigenvalue weighted by atomic mass is 10.1. The van der Waals surface area contributed by atoms with Crippen molar-refractivity contribution in [2.24, 2.45) is 0 Å². The fourth-order valence-electron chi connectivity index (χ4n) is 1.51. The number of nitrogens with one attached hydrogen (secondary N) is 1. The van der Waals surface area contributed by atoms with E-state index in [4.69, 9.17) is 9.84 Å². The van der Waals surface area contributed by atoms with Crippen LogP contribution in [0.15, 0.2) is 24.3 Å². The number of aryl methyl sites for hydroxylation is 1. The Kier molecular flexibility index (Phi) is 6.61. The maximum Gasteiger partial charge on any atom is 0.0698 e. The molecule has 90 valence electrons. The summed E-state index contributed by atoms with van der Waals surface area (Å²) < 4.78 is 5.15. The summed E-state index contributed by atoms with van der Waals surface area (Å²) in [6.07, 6.45) is 2.32. The molecule has 1 aromatic rings. The number of aliphatic hydroxyl groups is 1. The summed E-state index contributed by atoms with van der Waals surface area (Å²) in [5.74, 6) is 0. The van der Waals surface area contributed by atoms with E-state index >= 15 is 0 Å². The lowest BCUT2D eigenvalue weighted by Crippen LogP contribution is -2.11.